The van der Waals surface area contributed by atoms with Gasteiger partial charge in [-0.15, -0.1) is 0 Å². The van der Waals surface area contributed by atoms with Crippen molar-refractivity contribution in [2.75, 3.05) is 13.1 Å². The summed E-state index contributed by atoms with van der Waals surface area (Å²) in [5.41, 5.74) is 1.76. The number of rotatable bonds is 3. The molecule has 2 rings (SSSR count). The number of carbonyl (C=O) groups is 1. The molecule has 2 heterocycles. The molecule has 1 atom stereocenters. The second-order valence-electron chi connectivity index (χ2n) is 4.95. The van der Waals surface area contributed by atoms with Crippen LogP contribution in [0.3, 0.4) is 0 Å². The van der Waals surface area contributed by atoms with E-state index in [-0.39, 0.29) is 11.9 Å². The maximum absolute atomic E-state index is 12.3. The Morgan fingerprint density at radius 1 is 1.53 bits per heavy atom. The Labute approximate surface area is 118 Å². The van der Waals surface area contributed by atoms with Crippen molar-refractivity contribution in [2.24, 2.45) is 0 Å². The van der Waals surface area contributed by atoms with Gasteiger partial charge in [0.15, 0.2) is 0 Å². The molecule has 0 bridgehead atoms. The third-order valence-corrected chi connectivity index (χ3v) is 4.02. The minimum atomic E-state index is -0.125. The Hall–Kier alpha value is -1.07. The van der Waals surface area contributed by atoms with Crippen molar-refractivity contribution >= 4 is 17.5 Å². The summed E-state index contributed by atoms with van der Waals surface area (Å²) >= 11 is 6.30. The largest absolute Gasteiger partial charge is 0.335 e. The molecule has 5 nitrogen and oxygen atoms in total. The molecule has 1 aromatic rings. The normalized spacial score (nSPS) is 20.7. The summed E-state index contributed by atoms with van der Waals surface area (Å²) in [4.78, 5) is 14.1. The quantitative estimate of drug-likeness (QED) is 0.917. The van der Waals surface area contributed by atoms with E-state index in [1.807, 2.05) is 30.4 Å². The van der Waals surface area contributed by atoms with E-state index in [4.69, 9.17) is 11.6 Å². The van der Waals surface area contributed by atoms with Gasteiger partial charge in [-0.2, -0.15) is 5.10 Å². The van der Waals surface area contributed by atoms with E-state index < -0.39 is 0 Å². The topological polar surface area (TPSA) is 50.2 Å². The number of hydrogen-bond donors (Lipinski definition) is 1. The molecule has 0 saturated carbocycles. The zero-order valence-corrected chi connectivity index (χ0v) is 12.5. The molecule has 106 valence electrons. The van der Waals surface area contributed by atoms with Gasteiger partial charge in [0.25, 0.3) is 0 Å². The zero-order chi connectivity index (χ0) is 14.0. The second kappa shape index (κ2) is 5.92. The SMILES string of the molecule is CCn1nc(C)c(Cl)c1CN1CCCNC(C)C1=O. The lowest BCUT2D eigenvalue weighted by atomic mass is 10.2. The van der Waals surface area contributed by atoms with Crippen molar-refractivity contribution in [1.29, 1.82) is 0 Å². The van der Waals surface area contributed by atoms with Crippen LogP contribution in [0.25, 0.3) is 0 Å². The first-order valence-corrected chi connectivity index (χ1v) is 7.16. The minimum Gasteiger partial charge on any atom is -0.335 e. The molecule has 0 spiro atoms. The fourth-order valence-electron chi connectivity index (χ4n) is 2.42. The molecule has 1 amide bonds. The maximum atomic E-state index is 12.3. The molecule has 1 fully saturated rings. The monoisotopic (exact) mass is 284 g/mol. The van der Waals surface area contributed by atoms with Gasteiger partial charge < -0.3 is 10.2 Å². The molecule has 1 N–H and O–H groups in total. The molecular formula is C13H21ClN4O. The van der Waals surface area contributed by atoms with Crippen molar-refractivity contribution in [2.45, 2.75) is 46.3 Å². The molecule has 6 heteroatoms. The highest BCUT2D eigenvalue weighted by atomic mass is 35.5. The Bertz CT molecular complexity index is 471. The number of aryl methyl sites for hydroxylation is 2. The Kier molecular flexibility index (Phi) is 4.47. The van der Waals surface area contributed by atoms with Crippen LogP contribution in [0, 0.1) is 6.92 Å². The second-order valence-corrected chi connectivity index (χ2v) is 5.33. The lowest BCUT2D eigenvalue weighted by molar-refractivity contribution is -0.132. The van der Waals surface area contributed by atoms with Crippen LogP contribution in [0.2, 0.25) is 5.02 Å². The van der Waals surface area contributed by atoms with Crippen molar-refractivity contribution in [1.82, 2.24) is 20.0 Å². The van der Waals surface area contributed by atoms with Crippen LogP contribution in [-0.4, -0.2) is 39.7 Å². The summed E-state index contributed by atoms with van der Waals surface area (Å²) in [6.07, 6.45) is 0.965. The van der Waals surface area contributed by atoms with E-state index in [1.165, 1.54) is 0 Å². The predicted molar refractivity (Wildman–Crippen MR) is 75.1 cm³/mol. The molecular weight excluding hydrogens is 264 g/mol. The fourth-order valence-corrected chi connectivity index (χ4v) is 2.61. The third-order valence-electron chi connectivity index (χ3n) is 3.53. The number of aromatic nitrogens is 2. The fraction of sp³-hybridized carbons (Fsp3) is 0.692. The van der Waals surface area contributed by atoms with Crippen LogP contribution >= 0.6 is 11.6 Å². The first-order chi connectivity index (χ1) is 9.04. The number of hydrogen-bond acceptors (Lipinski definition) is 3. The van der Waals surface area contributed by atoms with E-state index in [0.717, 1.165) is 37.4 Å². The molecule has 0 aliphatic carbocycles. The van der Waals surface area contributed by atoms with Crippen molar-refractivity contribution in [3.63, 3.8) is 0 Å². The van der Waals surface area contributed by atoms with E-state index >= 15 is 0 Å². The van der Waals surface area contributed by atoms with Crippen molar-refractivity contribution in [3.05, 3.63) is 16.4 Å². The molecule has 0 aromatic carbocycles. The third kappa shape index (κ3) is 2.92. The number of nitrogens with one attached hydrogen (secondary N) is 1. The number of amides is 1. The van der Waals surface area contributed by atoms with Gasteiger partial charge in [-0.25, -0.2) is 0 Å². The van der Waals surface area contributed by atoms with Gasteiger partial charge in [-0.1, -0.05) is 11.6 Å². The molecule has 19 heavy (non-hydrogen) atoms. The minimum absolute atomic E-state index is 0.125. The van der Waals surface area contributed by atoms with Crippen LogP contribution in [-0.2, 0) is 17.9 Å². The maximum Gasteiger partial charge on any atom is 0.239 e. The zero-order valence-electron chi connectivity index (χ0n) is 11.7. The van der Waals surface area contributed by atoms with Crippen molar-refractivity contribution in [3.8, 4) is 0 Å². The molecule has 0 radical (unpaired) electrons. The highest BCUT2D eigenvalue weighted by molar-refractivity contribution is 6.31. The highest BCUT2D eigenvalue weighted by Crippen LogP contribution is 2.22. The van der Waals surface area contributed by atoms with Gasteiger partial charge in [0, 0.05) is 13.1 Å². The van der Waals surface area contributed by atoms with Crippen LogP contribution < -0.4 is 5.32 Å². The summed E-state index contributed by atoms with van der Waals surface area (Å²) in [6.45, 7) is 8.78. The van der Waals surface area contributed by atoms with E-state index in [1.54, 1.807) is 0 Å². The lowest BCUT2D eigenvalue weighted by Gasteiger charge is -2.23. The smallest absolute Gasteiger partial charge is 0.239 e. The first-order valence-electron chi connectivity index (χ1n) is 6.78. The Morgan fingerprint density at radius 3 is 2.95 bits per heavy atom. The van der Waals surface area contributed by atoms with Gasteiger partial charge in [0.1, 0.15) is 0 Å². The molecule has 1 unspecified atom stereocenters. The average Bonchev–Trinajstić information content (AvgIpc) is 2.57. The van der Waals surface area contributed by atoms with Gasteiger partial charge in [0.2, 0.25) is 5.91 Å². The molecule has 1 aliphatic rings. The average molecular weight is 285 g/mol. The van der Waals surface area contributed by atoms with Crippen LogP contribution in [0.4, 0.5) is 0 Å². The van der Waals surface area contributed by atoms with Crippen molar-refractivity contribution < 1.29 is 4.79 Å². The van der Waals surface area contributed by atoms with E-state index in [0.29, 0.717) is 11.6 Å². The van der Waals surface area contributed by atoms with Gasteiger partial charge in [0.05, 0.1) is 29.0 Å². The van der Waals surface area contributed by atoms with Gasteiger partial charge in [-0.3, -0.25) is 9.48 Å². The first kappa shape index (κ1) is 14.3. The van der Waals surface area contributed by atoms with Gasteiger partial charge >= 0.3 is 0 Å². The predicted octanol–water partition coefficient (Wildman–Crippen LogP) is 1.58. The van der Waals surface area contributed by atoms with Gasteiger partial charge in [-0.05, 0) is 33.7 Å². The summed E-state index contributed by atoms with van der Waals surface area (Å²) in [5, 5.41) is 8.28. The van der Waals surface area contributed by atoms with E-state index in [2.05, 4.69) is 10.4 Å². The summed E-state index contributed by atoms with van der Waals surface area (Å²) in [7, 11) is 0. The Morgan fingerprint density at radius 2 is 2.26 bits per heavy atom. The highest BCUT2D eigenvalue weighted by Gasteiger charge is 2.25. The lowest BCUT2D eigenvalue weighted by Crippen LogP contribution is -2.41. The van der Waals surface area contributed by atoms with Crippen LogP contribution in [0.1, 0.15) is 31.7 Å². The van der Waals surface area contributed by atoms with Crippen LogP contribution in [0.15, 0.2) is 0 Å². The number of carbonyl (C=O) groups excluding carboxylic acids is 1. The Balaban J connectivity index is 2.22. The standard InChI is InChI=1S/C13H21ClN4O/c1-4-18-11(12(14)9(2)16-18)8-17-7-5-6-15-10(3)13(17)19/h10,15H,4-8H2,1-3H3. The summed E-state index contributed by atoms with van der Waals surface area (Å²) in [5.74, 6) is 0.134. The van der Waals surface area contributed by atoms with Crippen LogP contribution in [0.5, 0.6) is 0 Å². The molecule has 1 aliphatic heterocycles. The number of halogens is 1. The molecule has 1 aromatic heterocycles. The summed E-state index contributed by atoms with van der Waals surface area (Å²) < 4.78 is 1.88. The molecule has 1 saturated heterocycles. The summed E-state index contributed by atoms with van der Waals surface area (Å²) in [6, 6.07) is -0.125. The number of nitrogens with zero attached hydrogens (tertiary/aromatic N) is 3. The van der Waals surface area contributed by atoms with E-state index in [9.17, 15) is 4.79 Å².